The van der Waals surface area contributed by atoms with E-state index in [1.165, 1.54) is 0 Å². The van der Waals surface area contributed by atoms with Crippen molar-refractivity contribution in [2.45, 2.75) is 94.0 Å². The molecule has 2 aromatic carbocycles. The highest BCUT2D eigenvalue weighted by Crippen LogP contribution is 2.50. The number of benzene rings is 2. The molecule has 0 radical (unpaired) electrons. The van der Waals surface area contributed by atoms with Gasteiger partial charge in [-0.05, 0) is 85.4 Å². The minimum atomic E-state index is -1.98. The fourth-order valence-electron chi connectivity index (χ4n) is 5.94. The lowest BCUT2D eigenvalue weighted by atomic mass is 9.91. The lowest BCUT2D eigenvalue weighted by Crippen LogP contribution is -2.51. The van der Waals surface area contributed by atoms with Gasteiger partial charge in [0.25, 0.3) is 5.91 Å². The van der Waals surface area contributed by atoms with Crippen LogP contribution in [0.3, 0.4) is 0 Å². The van der Waals surface area contributed by atoms with Gasteiger partial charge >= 0.3 is 0 Å². The number of aliphatic hydroxyl groups is 6. The number of carbonyl (C=O) groups is 1. The molecule has 1 heterocycles. The Bertz CT molecular complexity index is 1490. The molecule has 5 atom stereocenters. The number of ether oxygens (including phenoxy) is 1. The van der Waals surface area contributed by atoms with Crippen molar-refractivity contribution in [1.29, 1.82) is 0 Å². The third-order valence-corrected chi connectivity index (χ3v) is 9.32. The molecule has 254 valence electrons. The number of amides is 1. The Hall–Kier alpha value is -3.42. The van der Waals surface area contributed by atoms with Crippen LogP contribution in [0.1, 0.15) is 66.7 Å². The van der Waals surface area contributed by atoms with Gasteiger partial charge in [-0.3, -0.25) is 9.78 Å². The number of aryl methyl sites for hydroxylation is 1. The summed E-state index contributed by atoms with van der Waals surface area (Å²) in [4.78, 5) is 16.7. The van der Waals surface area contributed by atoms with Crippen molar-refractivity contribution in [2.24, 2.45) is 0 Å². The van der Waals surface area contributed by atoms with Crippen LogP contribution in [0.2, 0.25) is 0 Å². The number of nitrogens with one attached hydrogen (secondary N) is 2. The fraction of sp³-hybridized carbons (Fsp3) is 0.500. The van der Waals surface area contributed by atoms with Gasteiger partial charge in [0.15, 0.2) is 6.10 Å². The second kappa shape index (κ2) is 15.7. The fourth-order valence-corrected chi connectivity index (χ4v) is 5.94. The SMILES string of the molecule is Cc1ccc(C(CO)CCCNC(=O)[C@@H](O)[C@@H](O)[C@H](O)[C@@H](O)CO)cc1CNC1(c2cnccc2-c2ccccc2OC2CC2)CC1. The predicted octanol–water partition coefficient (Wildman–Crippen LogP) is 1.79. The van der Waals surface area contributed by atoms with Gasteiger partial charge in [0.2, 0.25) is 0 Å². The molecule has 0 bridgehead atoms. The zero-order valence-corrected chi connectivity index (χ0v) is 26.8. The van der Waals surface area contributed by atoms with Crippen molar-refractivity contribution >= 4 is 5.91 Å². The molecule has 0 aliphatic heterocycles. The van der Waals surface area contributed by atoms with Crippen LogP contribution < -0.4 is 15.4 Å². The Balaban J connectivity index is 1.20. The number of hydrogen-bond donors (Lipinski definition) is 8. The van der Waals surface area contributed by atoms with E-state index in [-0.39, 0.29) is 24.6 Å². The average Bonchev–Trinajstić information content (AvgIpc) is 4.04. The third kappa shape index (κ3) is 8.55. The standard InChI is InChI=1S/C36H47N3O8/c1-22-8-9-23(24(20-40)5-4-15-38-35(46)34(45)33(44)32(43)30(42)21-41)17-25(22)18-39-36(13-14-36)29-19-37-16-12-27(29)28-6-2-3-7-31(28)47-26-10-11-26/h2-3,6-9,12,16-17,19,24,26,30,32-34,39-45H,4-5,10-11,13-15,18,20-21H2,1H3,(H,38,46)/t24?,30-,32+,33-,34-/m0/s1. The molecule has 2 aliphatic carbocycles. The van der Waals surface area contributed by atoms with E-state index < -0.39 is 36.9 Å². The molecule has 0 spiro atoms. The first kappa shape index (κ1) is 34.9. The molecule has 47 heavy (non-hydrogen) atoms. The van der Waals surface area contributed by atoms with E-state index in [4.69, 9.17) is 9.84 Å². The number of hydrogen-bond acceptors (Lipinski definition) is 10. The highest BCUT2D eigenvalue weighted by molar-refractivity contribution is 5.81. The summed E-state index contributed by atoms with van der Waals surface area (Å²) in [6.45, 7) is 1.97. The van der Waals surface area contributed by atoms with Gasteiger partial charge in [-0.15, -0.1) is 0 Å². The Morgan fingerprint density at radius 3 is 2.47 bits per heavy atom. The molecule has 2 saturated carbocycles. The van der Waals surface area contributed by atoms with Crippen LogP contribution in [0.5, 0.6) is 5.75 Å². The molecule has 1 unspecified atom stereocenters. The van der Waals surface area contributed by atoms with Gasteiger partial charge in [0, 0.05) is 49.1 Å². The van der Waals surface area contributed by atoms with E-state index in [0.717, 1.165) is 64.8 Å². The molecule has 1 amide bonds. The molecular weight excluding hydrogens is 602 g/mol. The summed E-state index contributed by atoms with van der Waals surface area (Å²) >= 11 is 0. The third-order valence-electron chi connectivity index (χ3n) is 9.32. The number of carbonyl (C=O) groups excluding carboxylic acids is 1. The van der Waals surface area contributed by atoms with Crippen LogP contribution in [-0.2, 0) is 16.9 Å². The van der Waals surface area contributed by atoms with Crippen LogP contribution in [0.4, 0.5) is 0 Å². The van der Waals surface area contributed by atoms with Gasteiger partial charge < -0.3 is 46.0 Å². The smallest absolute Gasteiger partial charge is 0.251 e. The topological polar surface area (TPSA) is 185 Å². The van der Waals surface area contributed by atoms with Crippen molar-refractivity contribution < 1.29 is 40.2 Å². The molecular formula is C36H47N3O8. The van der Waals surface area contributed by atoms with Gasteiger partial charge in [-0.2, -0.15) is 0 Å². The van der Waals surface area contributed by atoms with Crippen molar-refractivity contribution in [1.82, 2.24) is 15.6 Å². The number of rotatable bonds is 18. The van der Waals surface area contributed by atoms with Crippen LogP contribution in [0.15, 0.2) is 60.9 Å². The summed E-state index contributed by atoms with van der Waals surface area (Å²) in [6, 6.07) is 16.5. The minimum absolute atomic E-state index is 0.0816. The maximum absolute atomic E-state index is 12.2. The van der Waals surface area contributed by atoms with Gasteiger partial charge in [0.1, 0.15) is 24.1 Å². The van der Waals surface area contributed by atoms with Crippen molar-refractivity contribution in [3.8, 4) is 16.9 Å². The van der Waals surface area contributed by atoms with E-state index >= 15 is 0 Å². The normalized spacial score (nSPS) is 18.5. The molecule has 11 heteroatoms. The Morgan fingerprint density at radius 1 is 1.00 bits per heavy atom. The lowest BCUT2D eigenvalue weighted by Gasteiger charge is -2.25. The first-order valence-corrected chi connectivity index (χ1v) is 16.4. The molecule has 2 fully saturated rings. The number of para-hydroxylation sites is 1. The van der Waals surface area contributed by atoms with Crippen molar-refractivity contribution in [3.05, 3.63) is 83.2 Å². The number of aliphatic hydroxyl groups excluding tert-OH is 6. The summed E-state index contributed by atoms with van der Waals surface area (Å²) < 4.78 is 6.25. The first-order valence-electron chi connectivity index (χ1n) is 16.4. The van der Waals surface area contributed by atoms with Crippen molar-refractivity contribution in [3.63, 3.8) is 0 Å². The van der Waals surface area contributed by atoms with Gasteiger partial charge in [-0.1, -0.05) is 36.4 Å². The minimum Gasteiger partial charge on any atom is -0.490 e. The van der Waals surface area contributed by atoms with Crippen LogP contribution in [0.25, 0.3) is 11.1 Å². The van der Waals surface area contributed by atoms with Gasteiger partial charge in [-0.25, -0.2) is 0 Å². The summed E-state index contributed by atoms with van der Waals surface area (Å²) in [7, 11) is 0. The van der Waals surface area contributed by atoms with Crippen LogP contribution >= 0.6 is 0 Å². The molecule has 3 aromatic rings. The summed E-state index contributed by atoms with van der Waals surface area (Å²) in [5.41, 5.74) is 6.41. The van der Waals surface area contributed by atoms with Crippen LogP contribution in [0, 0.1) is 6.92 Å². The Labute approximate surface area is 275 Å². The average molecular weight is 650 g/mol. The molecule has 5 rings (SSSR count). The molecule has 1 aromatic heterocycles. The second-order valence-electron chi connectivity index (χ2n) is 12.8. The highest BCUT2D eigenvalue weighted by Gasteiger charge is 2.46. The number of pyridine rings is 1. The van der Waals surface area contributed by atoms with E-state index in [9.17, 15) is 30.3 Å². The highest BCUT2D eigenvalue weighted by atomic mass is 16.5. The summed E-state index contributed by atoms with van der Waals surface area (Å²) in [5.74, 6) is -0.177. The quantitative estimate of drug-likeness (QED) is 0.0946. The van der Waals surface area contributed by atoms with E-state index in [1.54, 1.807) is 0 Å². The molecule has 8 N–H and O–H groups in total. The number of aromatic nitrogens is 1. The Morgan fingerprint density at radius 2 is 1.77 bits per heavy atom. The zero-order chi connectivity index (χ0) is 33.6. The van der Waals surface area contributed by atoms with Crippen LogP contribution in [-0.4, -0.2) is 91.8 Å². The van der Waals surface area contributed by atoms with Crippen molar-refractivity contribution in [2.75, 3.05) is 19.8 Å². The molecule has 0 saturated heterocycles. The van der Waals surface area contributed by atoms with E-state index in [1.807, 2.05) is 36.7 Å². The monoisotopic (exact) mass is 649 g/mol. The van der Waals surface area contributed by atoms with E-state index in [2.05, 4.69) is 46.8 Å². The summed E-state index contributed by atoms with van der Waals surface area (Å²) in [5, 5.41) is 64.6. The predicted molar refractivity (Wildman–Crippen MR) is 175 cm³/mol. The second-order valence-corrected chi connectivity index (χ2v) is 12.8. The lowest BCUT2D eigenvalue weighted by molar-refractivity contribution is -0.148. The molecule has 2 aliphatic rings. The number of nitrogens with zero attached hydrogens (tertiary/aromatic N) is 1. The van der Waals surface area contributed by atoms with E-state index in [0.29, 0.717) is 25.5 Å². The molecule has 11 nitrogen and oxygen atoms in total. The Kier molecular flexibility index (Phi) is 11.6. The summed E-state index contributed by atoms with van der Waals surface area (Å²) in [6.07, 6.45) is 1.81. The zero-order valence-electron chi connectivity index (χ0n) is 26.8. The van der Waals surface area contributed by atoms with Gasteiger partial charge in [0.05, 0.1) is 12.7 Å². The largest absolute Gasteiger partial charge is 0.490 e. The maximum Gasteiger partial charge on any atom is 0.251 e. The first-order chi connectivity index (χ1) is 22.7. The maximum atomic E-state index is 12.2.